The maximum atomic E-state index is 13.0. The molecule has 3 heterocycles. The number of amides is 3. The van der Waals surface area contributed by atoms with Crippen molar-refractivity contribution in [2.75, 3.05) is 11.9 Å². The molecule has 5 rings (SSSR count). The van der Waals surface area contributed by atoms with Crippen LogP contribution in [0.15, 0.2) is 23.7 Å². The van der Waals surface area contributed by atoms with Crippen molar-refractivity contribution in [1.29, 1.82) is 0 Å². The maximum absolute atomic E-state index is 13.0. The van der Waals surface area contributed by atoms with Gasteiger partial charge in [-0.2, -0.15) is 0 Å². The Morgan fingerprint density at radius 1 is 1.21 bits per heavy atom. The van der Waals surface area contributed by atoms with Gasteiger partial charge < -0.3 is 10.2 Å². The number of carbonyl (C=O) groups excluding carboxylic acids is 2. The number of hydrogen-bond acceptors (Lipinski definition) is 6. The fourth-order valence-electron chi connectivity index (χ4n) is 3.98. The molecular weight excluding hydrogens is 406 g/mol. The molecule has 0 atom stereocenters. The molecule has 1 aliphatic carbocycles. The van der Waals surface area contributed by atoms with Crippen molar-refractivity contribution in [1.82, 2.24) is 20.2 Å². The minimum atomic E-state index is -0.186. The lowest BCUT2D eigenvalue weighted by atomic mass is 10.1. The molecule has 3 aromatic rings. The molecule has 2 aromatic heterocycles. The fraction of sp³-hybridized carbons (Fsp3) is 0.400. The zero-order chi connectivity index (χ0) is 19.8. The molecule has 1 saturated carbocycles. The van der Waals surface area contributed by atoms with Gasteiger partial charge in [-0.3, -0.25) is 10.1 Å². The second-order valence-electron chi connectivity index (χ2n) is 7.48. The van der Waals surface area contributed by atoms with Crippen LogP contribution in [0.5, 0.6) is 0 Å². The number of rotatable bonds is 3. The van der Waals surface area contributed by atoms with E-state index in [0.29, 0.717) is 30.2 Å². The lowest BCUT2D eigenvalue weighted by Crippen LogP contribution is -2.36. The Hall–Kier alpha value is -2.52. The first-order valence-electron chi connectivity index (χ1n) is 9.84. The minimum absolute atomic E-state index is 0.0211. The van der Waals surface area contributed by atoms with E-state index in [1.165, 1.54) is 35.5 Å². The molecule has 0 spiro atoms. The zero-order valence-corrected chi connectivity index (χ0v) is 17.4. The third-order valence-corrected chi connectivity index (χ3v) is 7.30. The van der Waals surface area contributed by atoms with Crippen molar-refractivity contribution in [2.24, 2.45) is 0 Å². The van der Waals surface area contributed by atoms with Crippen molar-refractivity contribution in [3.63, 3.8) is 0 Å². The predicted octanol–water partition coefficient (Wildman–Crippen LogP) is 4.02. The summed E-state index contributed by atoms with van der Waals surface area (Å²) in [5.74, 6) is 0.0211. The SMILES string of the molecule is O=C(Nc1nc2c(s1)CN(C(=O)c1ccc3ncsc3c1)CC2)NC1CCCC1. The van der Waals surface area contributed by atoms with Crippen LogP contribution in [0.25, 0.3) is 10.2 Å². The summed E-state index contributed by atoms with van der Waals surface area (Å²) >= 11 is 3.00. The second-order valence-corrected chi connectivity index (χ2v) is 9.45. The first-order chi connectivity index (χ1) is 14.2. The van der Waals surface area contributed by atoms with E-state index in [4.69, 9.17) is 0 Å². The Morgan fingerprint density at radius 2 is 2.07 bits per heavy atom. The molecule has 29 heavy (non-hydrogen) atoms. The number of nitrogens with one attached hydrogen (secondary N) is 2. The molecule has 1 aromatic carbocycles. The summed E-state index contributed by atoms with van der Waals surface area (Å²) < 4.78 is 1.02. The lowest BCUT2D eigenvalue weighted by Gasteiger charge is -2.26. The molecule has 3 amide bonds. The number of anilines is 1. The van der Waals surface area contributed by atoms with Gasteiger partial charge in [-0.25, -0.2) is 14.8 Å². The standard InChI is InChI=1S/C20H21N5O2S2/c26-18(12-5-6-14-16(9-12)28-11-21-14)25-8-7-15-17(10-25)29-20(23-15)24-19(27)22-13-3-1-2-4-13/h5-6,9,11,13H,1-4,7-8,10H2,(H2,22,23,24,27). The topological polar surface area (TPSA) is 87.2 Å². The second kappa shape index (κ2) is 7.72. The Balaban J connectivity index is 1.25. The van der Waals surface area contributed by atoms with Crippen LogP contribution in [-0.2, 0) is 13.0 Å². The predicted molar refractivity (Wildman–Crippen MR) is 115 cm³/mol. The van der Waals surface area contributed by atoms with Crippen molar-refractivity contribution < 1.29 is 9.59 Å². The number of nitrogens with zero attached hydrogens (tertiary/aromatic N) is 3. The van der Waals surface area contributed by atoms with Gasteiger partial charge in [0, 0.05) is 29.4 Å². The Labute approximate surface area is 176 Å². The largest absolute Gasteiger partial charge is 0.335 e. The van der Waals surface area contributed by atoms with Crippen LogP contribution in [-0.4, -0.2) is 39.4 Å². The van der Waals surface area contributed by atoms with E-state index in [9.17, 15) is 9.59 Å². The third-order valence-electron chi connectivity index (χ3n) is 5.51. The normalized spacial score (nSPS) is 16.8. The number of hydrogen-bond donors (Lipinski definition) is 2. The van der Waals surface area contributed by atoms with Gasteiger partial charge in [0.1, 0.15) is 0 Å². The van der Waals surface area contributed by atoms with Gasteiger partial charge >= 0.3 is 6.03 Å². The Kier molecular flexibility index (Phi) is 4.92. The molecular formula is C20H21N5O2S2. The Bertz CT molecular complexity index is 1070. The van der Waals surface area contributed by atoms with Gasteiger partial charge in [0.2, 0.25) is 0 Å². The van der Waals surface area contributed by atoms with Gasteiger partial charge in [-0.15, -0.1) is 11.3 Å². The highest BCUT2D eigenvalue weighted by molar-refractivity contribution is 7.16. The van der Waals surface area contributed by atoms with Gasteiger partial charge in [-0.1, -0.05) is 24.2 Å². The lowest BCUT2D eigenvalue weighted by molar-refractivity contribution is 0.0736. The van der Waals surface area contributed by atoms with Gasteiger partial charge in [0.25, 0.3) is 5.91 Å². The first-order valence-corrected chi connectivity index (χ1v) is 11.5. The highest BCUT2D eigenvalue weighted by Gasteiger charge is 2.26. The van der Waals surface area contributed by atoms with E-state index in [0.717, 1.165) is 33.6 Å². The van der Waals surface area contributed by atoms with Crippen LogP contribution >= 0.6 is 22.7 Å². The molecule has 1 fully saturated rings. The van der Waals surface area contributed by atoms with E-state index >= 15 is 0 Å². The Morgan fingerprint density at radius 3 is 2.93 bits per heavy atom. The highest BCUT2D eigenvalue weighted by atomic mass is 32.1. The van der Waals surface area contributed by atoms with Crippen LogP contribution in [0.3, 0.4) is 0 Å². The summed E-state index contributed by atoms with van der Waals surface area (Å²) in [6.45, 7) is 1.16. The average molecular weight is 428 g/mol. The molecule has 2 aliphatic rings. The van der Waals surface area contributed by atoms with E-state index in [2.05, 4.69) is 20.6 Å². The number of aromatic nitrogens is 2. The zero-order valence-electron chi connectivity index (χ0n) is 15.8. The number of carbonyl (C=O) groups is 2. The summed E-state index contributed by atoms with van der Waals surface area (Å²) in [7, 11) is 0. The van der Waals surface area contributed by atoms with E-state index in [-0.39, 0.29) is 18.0 Å². The molecule has 1 aliphatic heterocycles. The van der Waals surface area contributed by atoms with Gasteiger partial charge in [0.15, 0.2) is 5.13 Å². The smallest absolute Gasteiger partial charge is 0.321 e. The summed E-state index contributed by atoms with van der Waals surface area (Å²) in [6, 6.07) is 5.74. The summed E-state index contributed by atoms with van der Waals surface area (Å²) in [5.41, 5.74) is 4.37. The van der Waals surface area contributed by atoms with E-state index in [1.807, 2.05) is 23.1 Å². The van der Waals surface area contributed by atoms with Crippen LogP contribution in [0, 0.1) is 0 Å². The van der Waals surface area contributed by atoms with E-state index < -0.39 is 0 Å². The first kappa shape index (κ1) is 18.5. The molecule has 2 N–H and O–H groups in total. The summed E-state index contributed by atoms with van der Waals surface area (Å²) in [5, 5.41) is 6.49. The maximum Gasteiger partial charge on any atom is 0.321 e. The summed E-state index contributed by atoms with van der Waals surface area (Å²) in [6.07, 6.45) is 5.15. The monoisotopic (exact) mass is 427 g/mol. The number of benzene rings is 1. The van der Waals surface area contributed by atoms with Crippen molar-refractivity contribution in [2.45, 2.75) is 44.7 Å². The van der Waals surface area contributed by atoms with Gasteiger partial charge in [-0.05, 0) is 31.0 Å². The van der Waals surface area contributed by atoms with Crippen LogP contribution in [0.1, 0.15) is 46.6 Å². The molecule has 0 saturated heterocycles. The fourth-order valence-corrected chi connectivity index (χ4v) is 5.72. The van der Waals surface area contributed by atoms with E-state index in [1.54, 1.807) is 5.51 Å². The molecule has 0 radical (unpaired) electrons. The number of fused-ring (bicyclic) bond motifs is 2. The average Bonchev–Trinajstić information content (AvgIpc) is 3.46. The molecule has 9 heteroatoms. The summed E-state index contributed by atoms with van der Waals surface area (Å²) in [4.78, 5) is 36.9. The third kappa shape index (κ3) is 3.84. The number of thiazole rings is 2. The molecule has 0 unspecified atom stereocenters. The van der Waals surface area contributed by atoms with Crippen LogP contribution < -0.4 is 10.6 Å². The molecule has 7 nitrogen and oxygen atoms in total. The quantitative estimate of drug-likeness (QED) is 0.661. The molecule has 0 bridgehead atoms. The van der Waals surface area contributed by atoms with Crippen molar-refractivity contribution in [3.05, 3.63) is 39.8 Å². The van der Waals surface area contributed by atoms with Crippen LogP contribution in [0.2, 0.25) is 0 Å². The van der Waals surface area contributed by atoms with Gasteiger partial charge in [0.05, 0.1) is 28.0 Å². The van der Waals surface area contributed by atoms with Crippen molar-refractivity contribution in [3.8, 4) is 0 Å². The van der Waals surface area contributed by atoms with Crippen LogP contribution in [0.4, 0.5) is 9.93 Å². The van der Waals surface area contributed by atoms with Crippen molar-refractivity contribution >= 4 is 50.0 Å². The molecule has 150 valence electrons. The minimum Gasteiger partial charge on any atom is -0.335 e. The number of urea groups is 1. The highest BCUT2D eigenvalue weighted by Crippen LogP contribution is 2.30.